The first-order valence-electron chi connectivity index (χ1n) is 6.21. The minimum absolute atomic E-state index is 0.365. The first kappa shape index (κ1) is 14.5. The van der Waals surface area contributed by atoms with Crippen molar-refractivity contribution >= 4 is 23.3 Å². The molecule has 106 valence electrons. The number of ether oxygens (including phenoxy) is 1. The van der Waals surface area contributed by atoms with Gasteiger partial charge in [0.2, 0.25) is 0 Å². The molecule has 1 aromatic rings. The van der Waals surface area contributed by atoms with Crippen molar-refractivity contribution in [1.29, 1.82) is 0 Å². The molecule has 0 bridgehead atoms. The molecule has 1 aliphatic rings. The molecule has 0 saturated heterocycles. The maximum atomic E-state index is 13.4. The maximum absolute atomic E-state index is 13.4. The van der Waals surface area contributed by atoms with Gasteiger partial charge in [0.25, 0.3) is 0 Å². The van der Waals surface area contributed by atoms with E-state index in [2.05, 4.69) is 10.6 Å². The molecule has 0 fully saturated rings. The number of hydrogen-bond acceptors (Lipinski definition) is 3. The van der Waals surface area contributed by atoms with Crippen LogP contribution in [0.5, 0.6) is 0 Å². The van der Waals surface area contributed by atoms with E-state index >= 15 is 0 Å². The average molecular weight is 294 g/mol. The summed E-state index contributed by atoms with van der Waals surface area (Å²) in [6, 6.07) is 5.55. The first-order valence-corrected chi connectivity index (χ1v) is 6.62. The number of methoxy groups -OCH3 is 1. The van der Waals surface area contributed by atoms with Crippen LogP contribution in [0.4, 0.5) is 4.39 Å². The van der Waals surface area contributed by atoms with Crippen LogP contribution in [-0.4, -0.2) is 18.2 Å². The van der Waals surface area contributed by atoms with Crippen LogP contribution in [-0.2, 0) is 9.53 Å². The highest BCUT2D eigenvalue weighted by Crippen LogP contribution is 2.28. The van der Waals surface area contributed by atoms with Crippen LogP contribution in [0.25, 0.3) is 0 Å². The number of allylic oxidation sites excluding steroid dienone is 1. The summed E-state index contributed by atoms with van der Waals surface area (Å²) in [6.07, 6.45) is 0.595. The molecule has 0 saturated carbocycles. The molecule has 0 aliphatic carbocycles. The van der Waals surface area contributed by atoms with Gasteiger partial charge in [-0.2, -0.15) is 0 Å². The second-order valence-corrected chi connectivity index (χ2v) is 4.73. The minimum Gasteiger partial charge on any atom is -0.466 e. The fourth-order valence-corrected chi connectivity index (χ4v) is 2.43. The second-order valence-electron chi connectivity index (χ2n) is 4.32. The summed E-state index contributed by atoms with van der Waals surface area (Å²) in [5, 5.41) is 6.34. The third kappa shape index (κ3) is 2.80. The van der Waals surface area contributed by atoms with Gasteiger partial charge in [-0.25, -0.2) is 9.18 Å². The standard InChI is InChI=1S/C14H15FN2O2S/c1-3-10-11(13(18)19-2)12(17-14(20)16-10)8-5-4-6-9(15)7-8/h4-7,12H,3H2,1-2H3,(H2,16,17,20). The molecule has 0 radical (unpaired) electrons. The summed E-state index contributed by atoms with van der Waals surface area (Å²) < 4.78 is 18.2. The lowest BCUT2D eigenvalue weighted by Gasteiger charge is -2.30. The van der Waals surface area contributed by atoms with E-state index in [9.17, 15) is 9.18 Å². The van der Waals surface area contributed by atoms with E-state index in [0.29, 0.717) is 28.4 Å². The summed E-state index contributed by atoms with van der Waals surface area (Å²) in [4.78, 5) is 12.0. The van der Waals surface area contributed by atoms with E-state index in [1.54, 1.807) is 12.1 Å². The first-order chi connectivity index (χ1) is 9.56. The van der Waals surface area contributed by atoms with Crippen molar-refractivity contribution < 1.29 is 13.9 Å². The van der Waals surface area contributed by atoms with E-state index in [1.807, 2.05) is 6.92 Å². The van der Waals surface area contributed by atoms with Crippen LogP contribution in [0.1, 0.15) is 24.9 Å². The summed E-state index contributed by atoms with van der Waals surface area (Å²) >= 11 is 5.13. The summed E-state index contributed by atoms with van der Waals surface area (Å²) in [5.41, 5.74) is 1.74. The average Bonchev–Trinajstić information content (AvgIpc) is 2.45. The Morgan fingerprint density at radius 1 is 1.50 bits per heavy atom. The van der Waals surface area contributed by atoms with E-state index in [1.165, 1.54) is 19.2 Å². The van der Waals surface area contributed by atoms with Crippen molar-refractivity contribution in [3.8, 4) is 0 Å². The molecule has 1 aromatic carbocycles. The molecule has 2 rings (SSSR count). The Morgan fingerprint density at radius 2 is 2.25 bits per heavy atom. The molecular formula is C14H15FN2O2S. The molecule has 1 aliphatic heterocycles. The van der Waals surface area contributed by atoms with Crippen molar-refractivity contribution in [3.05, 3.63) is 46.9 Å². The van der Waals surface area contributed by atoms with Crippen LogP contribution in [0.15, 0.2) is 35.5 Å². The Hall–Kier alpha value is -1.95. The smallest absolute Gasteiger partial charge is 0.337 e. The number of halogens is 1. The van der Waals surface area contributed by atoms with E-state index < -0.39 is 12.0 Å². The monoisotopic (exact) mass is 294 g/mol. The van der Waals surface area contributed by atoms with E-state index in [-0.39, 0.29) is 5.82 Å². The largest absolute Gasteiger partial charge is 0.466 e. The number of benzene rings is 1. The predicted molar refractivity (Wildman–Crippen MR) is 77.3 cm³/mol. The van der Waals surface area contributed by atoms with Gasteiger partial charge in [-0.05, 0) is 36.3 Å². The fourth-order valence-electron chi connectivity index (χ4n) is 2.18. The van der Waals surface area contributed by atoms with Crippen molar-refractivity contribution in [3.63, 3.8) is 0 Å². The van der Waals surface area contributed by atoms with Gasteiger partial charge in [0.1, 0.15) is 5.82 Å². The molecule has 0 spiro atoms. The van der Waals surface area contributed by atoms with Gasteiger partial charge >= 0.3 is 5.97 Å². The van der Waals surface area contributed by atoms with Crippen LogP contribution < -0.4 is 10.6 Å². The Kier molecular flexibility index (Phi) is 4.34. The van der Waals surface area contributed by atoms with Gasteiger partial charge in [0, 0.05) is 5.70 Å². The molecule has 0 amide bonds. The highest BCUT2D eigenvalue weighted by molar-refractivity contribution is 7.80. The van der Waals surface area contributed by atoms with Gasteiger partial charge in [0.05, 0.1) is 18.7 Å². The third-order valence-corrected chi connectivity index (χ3v) is 3.31. The zero-order valence-corrected chi connectivity index (χ0v) is 12.0. The number of hydrogen-bond donors (Lipinski definition) is 2. The van der Waals surface area contributed by atoms with Crippen molar-refractivity contribution in [2.24, 2.45) is 0 Å². The second kappa shape index (κ2) is 6.00. The number of carbonyl (C=O) groups excluding carboxylic acids is 1. The van der Waals surface area contributed by atoms with E-state index in [0.717, 1.165) is 0 Å². The molecule has 1 heterocycles. The highest BCUT2D eigenvalue weighted by Gasteiger charge is 2.31. The Balaban J connectivity index is 2.53. The van der Waals surface area contributed by atoms with Gasteiger partial charge in [-0.1, -0.05) is 19.1 Å². The Bertz CT molecular complexity index is 586. The normalized spacial score (nSPS) is 18.4. The molecule has 20 heavy (non-hydrogen) atoms. The van der Waals surface area contributed by atoms with Crippen LogP contribution in [0.3, 0.4) is 0 Å². The predicted octanol–water partition coefficient (Wildman–Crippen LogP) is 2.18. The van der Waals surface area contributed by atoms with Gasteiger partial charge in [-0.15, -0.1) is 0 Å². The molecular weight excluding hydrogens is 279 g/mol. The molecule has 4 nitrogen and oxygen atoms in total. The summed E-state index contributed by atoms with van der Waals surface area (Å²) in [5.74, 6) is -0.824. The number of rotatable bonds is 3. The summed E-state index contributed by atoms with van der Waals surface area (Å²) in [6.45, 7) is 1.90. The quantitative estimate of drug-likeness (QED) is 0.661. The Labute approximate surface area is 122 Å². The lowest BCUT2D eigenvalue weighted by molar-refractivity contribution is -0.136. The van der Waals surface area contributed by atoms with Gasteiger partial charge in [0.15, 0.2) is 5.11 Å². The van der Waals surface area contributed by atoms with Crippen LogP contribution in [0.2, 0.25) is 0 Å². The number of nitrogens with one attached hydrogen (secondary N) is 2. The fraction of sp³-hybridized carbons (Fsp3) is 0.286. The maximum Gasteiger partial charge on any atom is 0.337 e. The molecule has 0 aromatic heterocycles. The number of esters is 1. The van der Waals surface area contributed by atoms with Gasteiger partial charge in [-0.3, -0.25) is 0 Å². The molecule has 2 N–H and O–H groups in total. The lowest BCUT2D eigenvalue weighted by atomic mass is 9.94. The van der Waals surface area contributed by atoms with Crippen molar-refractivity contribution in [2.45, 2.75) is 19.4 Å². The molecule has 1 atom stereocenters. The topological polar surface area (TPSA) is 50.4 Å². The lowest BCUT2D eigenvalue weighted by Crippen LogP contribution is -2.45. The zero-order valence-electron chi connectivity index (χ0n) is 11.2. The molecule has 1 unspecified atom stereocenters. The van der Waals surface area contributed by atoms with E-state index in [4.69, 9.17) is 17.0 Å². The highest BCUT2D eigenvalue weighted by atomic mass is 32.1. The third-order valence-electron chi connectivity index (χ3n) is 3.09. The van der Waals surface area contributed by atoms with Crippen LogP contribution >= 0.6 is 12.2 Å². The minimum atomic E-state index is -0.512. The van der Waals surface area contributed by atoms with Crippen molar-refractivity contribution in [1.82, 2.24) is 10.6 Å². The van der Waals surface area contributed by atoms with Crippen molar-refractivity contribution in [2.75, 3.05) is 7.11 Å². The van der Waals surface area contributed by atoms with Crippen LogP contribution in [0, 0.1) is 5.82 Å². The molecule has 6 heteroatoms. The summed E-state index contributed by atoms with van der Waals surface area (Å²) in [7, 11) is 1.32. The SMILES string of the molecule is CCC1=C(C(=O)OC)C(c2cccc(F)c2)NC(=S)N1. The number of carbonyl (C=O) groups is 1. The zero-order chi connectivity index (χ0) is 14.7. The Morgan fingerprint density at radius 3 is 2.85 bits per heavy atom. The van der Waals surface area contributed by atoms with Gasteiger partial charge < -0.3 is 15.4 Å². The number of thiocarbonyl (C=S) groups is 1.